The molecule has 0 amide bonds. The van der Waals surface area contributed by atoms with Crippen LogP contribution in [-0.4, -0.2) is 4.98 Å². The number of anilines is 2. The zero-order valence-corrected chi connectivity index (χ0v) is 9.82. The highest BCUT2D eigenvalue weighted by molar-refractivity contribution is 6.30. The third kappa shape index (κ3) is 3.01. The van der Waals surface area contributed by atoms with Crippen LogP contribution in [0.2, 0.25) is 5.02 Å². The van der Waals surface area contributed by atoms with Crippen molar-refractivity contribution >= 4 is 23.1 Å². The molecule has 0 saturated carbocycles. The van der Waals surface area contributed by atoms with Gasteiger partial charge in [0.05, 0.1) is 5.02 Å². The van der Waals surface area contributed by atoms with Crippen LogP contribution in [-0.2, 0) is 6.61 Å². The highest BCUT2D eigenvalue weighted by Crippen LogP contribution is 2.23. The van der Waals surface area contributed by atoms with Crippen LogP contribution >= 0.6 is 11.6 Å². The Balaban J connectivity index is 2.09. The Morgan fingerprint density at radius 2 is 2.06 bits per heavy atom. The van der Waals surface area contributed by atoms with E-state index in [9.17, 15) is 0 Å². The number of halogens is 1. The zero-order valence-electron chi connectivity index (χ0n) is 9.06. The third-order valence-electron chi connectivity index (χ3n) is 2.19. The van der Waals surface area contributed by atoms with Gasteiger partial charge in [0.15, 0.2) is 11.6 Å². The number of rotatable bonds is 3. The molecule has 1 aromatic carbocycles. The van der Waals surface area contributed by atoms with Crippen molar-refractivity contribution in [1.29, 1.82) is 0 Å². The largest absolute Gasteiger partial charge is 0.485 e. The molecule has 2 rings (SSSR count). The topological polar surface area (TPSA) is 74.2 Å². The summed E-state index contributed by atoms with van der Waals surface area (Å²) in [7, 11) is 0. The van der Waals surface area contributed by atoms with E-state index in [1.807, 2.05) is 24.3 Å². The summed E-state index contributed by atoms with van der Waals surface area (Å²) < 4.78 is 5.53. The van der Waals surface area contributed by atoms with E-state index < -0.39 is 0 Å². The van der Waals surface area contributed by atoms with Gasteiger partial charge in [0.2, 0.25) is 0 Å². The fraction of sp³-hybridized carbons (Fsp3) is 0.0833. The van der Waals surface area contributed by atoms with Gasteiger partial charge in [-0.3, -0.25) is 0 Å². The second kappa shape index (κ2) is 4.93. The van der Waals surface area contributed by atoms with Gasteiger partial charge in [0.25, 0.3) is 0 Å². The first kappa shape index (κ1) is 11.5. The molecule has 0 saturated heterocycles. The minimum Gasteiger partial charge on any atom is -0.485 e. The van der Waals surface area contributed by atoms with Gasteiger partial charge in [-0.25, -0.2) is 4.98 Å². The van der Waals surface area contributed by atoms with Gasteiger partial charge in [-0.15, -0.1) is 0 Å². The molecule has 1 aromatic heterocycles. The lowest BCUT2D eigenvalue weighted by molar-refractivity contribution is 0.307. The molecule has 4 N–H and O–H groups in total. The van der Waals surface area contributed by atoms with E-state index in [0.29, 0.717) is 28.9 Å². The summed E-state index contributed by atoms with van der Waals surface area (Å²) in [6, 6.07) is 9.08. The lowest BCUT2D eigenvalue weighted by Gasteiger charge is -2.08. The monoisotopic (exact) mass is 249 g/mol. The lowest BCUT2D eigenvalue weighted by atomic mass is 10.2. The molecule has 17 heavy (non-hydrogen) atoms. The second-order valence-corrected chi connectivity index (χ2v) is 4.01. The summed E-state index contributed by atoms with van der Waals surface area (Å²) >= 11 is 5.81. The Hall–Kier alpha value is -1.94. The zero-order chi connectivity index (χ0) is 12.3. The number of nitrogens with two attached hydrogens (primary N) is 2. The van der Waals surface area contributed by atoms with E-state index in [0.717, 1.165) is 5.56 Å². The fourth-order valence-electron chi connectivity index (χ4n) is 1.39. The maximum Gasteiger partial charge on any atom is 0.166 e. The average Bonchev–Trinajstić information content (AvgIpc) is 2.30. The summed E-state index contributed by atoms with van der Waals surface area (Å²) in [5, 5.41) is 0.488. The number of benzene rings is 1. The van der Waals surface area contributed by atoms with Gasteiger partial charge in [0.1, 0.15) is 6.61 Å². The molecule has 5 heteroatoms. The number of aromatic nitrogens is 1. The summed E-state index contributed by atoms with van der Waals surface area (Å²) in [5.74, 6) is 0.790. The first-order valence-electron chi connectivity index (χ1n) is 5.03. The van der Waals surface area contributed by atoms with Crippen LogP contribution in [0.25, 0.3) is 0 Å². The van der Waals surface area contributed by atoms with Crippen LogP contribution in [0, 0.1) is 0 Å². The van der Waals surface area contributed by atoms with Gasteiger partial charge in [-0.2, -0.15) is 0 Å². The first-order chi connectivity index (χ1) is 8.15. The predicted octanol–water partition coefficient (Wildman–Crippen LogP) is 2.48. The highest BCUT2D eigenvalue weighted by atomic mass is 35.5. The summed E-state index contributed by atoms with van der Waals surface area (Å²) in [4.78, 5) is 3.90. The molecule has 88 valence electrons. The number of hydrogen-bond donors (Lipinski definition) is 2. The minimum absolute atomic E-state index is 0.318. The van der Waals surface area contributed by atoms with Gasteiger partial charge in [-0.1, -0.05) is 23.7 Å². The van der Waals surface area contributed by atoms with Crippen molar-refractivity contribution in [2.75, 3.05) is 11.5 Å². The summed E-state index contributed by atoms with van der Waals surface area (Å²) in [5.41, 5.74) is 13.0. The molecule has 2 aromatic rings. The van der Waals surface area contributed by atoms with Gasteiger partial charge in [0, 0.05) is 18.0 Å². The molecule has 0 bridgehead atoms. The molecule has 0 aliphatic heterocycles. The normalized spacial score (nSPS) is 10.2. The van der Waals surface area contributed by atoms with Crippen molar-refractivity contribution in [1.82, 2.24) is 4.98 Å². The van der Waals surface area contributed by atoms with Crippen LogP contribution in [0.15, 0.2) is 36.5 Å². The molecular formula is C12H12ClN3O. The average molecular weight is 250 g/mol. The van der Waals surface area contributed by atoms with Crippen LogP contribution in [0.3, 0.4) is 0 Å². The van der Waals surface area contributed by atoms with Crippen molar-refractivity contribution in [3.8, 4) is 5.75 Å². The van der Waals surface area contributed by atoms with Crippen molar-refractivity contribution in [2.24, 2.45) is 0 Å². The Morgan fingerprint density at radius 1 is 1.24 bits per heavy atom. The van der Waals surface area contributed by atoms with Crippen molar-refractivity contribution < 1.29 is 4.74 Å². The Labute approximate surface area is 104 Å². The summed E-state index contributed by atoms with van der Waals surface area (Å²) in [6.07, 6.45) is 1.48. The van der Waals surface area contributed by atoms with Gasteiger partial charge in [-0.05, 0) is 17.7 Å². The van der Waals surface area contributed by atoms with Crippen LogP contribution in [0.5, 0.6) is 5.75 Å². The number of nitrogens with zero attached hydrogens (tertiary/aromatic N) is 1. The van der Waals surface area contributed by atoms with E-state index in [-0.39, 0.29) is 0 Å². The lowest BCUT2D eigenvalue weighted by Crippen LogP contribution is -2.00. The number of pyridine rings is 1. The fourth-order valence-corrected chi connectivity index (χ4v) is 1.54. The molecule has 4 nitrogen and oxygen atoms in total. The van der Waals surface area contributed by atoms with Crippen molar-refractivity contribution in [3.63, 3.8) is 0 Å². The van der Waals surface area contributed by atoms with E-state index in [1.54, 1.807) is 6.07 Å². The highest BCUT2D eigenvalue weighted by Gasteiger charge is 2.03. The SMILES string of the molecule is Nc1cccc(COc2cc(Cl)cnc2N)c1. The van der Waals surface area contributed by atoms with Crippen molar-refractivity contribution in [3.05, 3.63) is 47.1 Å². The molecule has 0 aliphatic rings. The van der Waals surface area contributed by atoms with E-state index in [1.165, 1.54) is 6.20 Å². The first-order valence-corrected chi connectivity index (χ1v) is 5.41. The quantitative estimate of drug-likeness (QED) is 0.820. The molecule has 0 spiro atoms. The van der Waals surface area contributed by atoms with Crippen LogP contribution in [0.4, 0.5) is 11.5 Å². The van der Waals surface area contributed by atoms with E-state index >= 15 is 0 Å². The van der Waals surface area contributed by atoms with Crippen LogP contribution < -0.4 is 16.2 Å². The smallest absolute Gasteiger partial charge is 0.166 e. The molecule has 1 heterocycles. The molecular weight excluding hydrogens is 238 g/mol. The molecule has 0 aliphatic carbocycles. The van der Waals surface area contributed by atoms with Gasteiger partial charge >= 0.3 is 0 Å². The Kier molecular flexibility index (Phi) is 3.35. The maximum atomic E-state index is 5.81. The van der Waals surface area contributed by atoms with Crippen LogP contribution in [0.1, 0.15) is 5.56 Å². The molecule has 0 fully saturated rings. The Morgan fingerprint density at radius 3 is 2.82 bits per heavy atom. The van der Waals surface area contributed by atoms with E-state index in [2.05, 4.69) is 4.98 Å². The Bertz CT molecular complexity index is 531. The molecule has 0 radical (unpaired) electrons. The van der Waals surface area contributed by atoms with E-state index in [4.69, 9.17) is 27.8 Å². The van der Waals surface area contributed by atoms with Gasteiger partial charge < -0.3 is 16.2 Å². The number of hydrogen-bond acceptors (Lipinski definition) is 4. The molecule has 0 atom stereocenters. The third-order valence-corrected chi connectivity index (χ3v) is 2.40. The second-order valence-electron chi connectivity index (χ2n) is 3.57. The van der Waals surface area contributed by atoms with Crippen molar-refractivity contribution in [2.45, 2.75) is 6.61 Å². The summed E-state index contributed by atoms with van der Waals surface area (Å²) in [6.45, 7) is 0.372. The predicted molar refractivity (Wildman–Crippen MR) is 68.8 cm³/mol. The maximum absolute atomic E-state index is 5.81. The molecule has 0 unspecified atom stereocenters. The minimum atomic E-state index is 0.318. The number of nitrogen functional groups attached to an aromatic ring is 2. The number of ether oxygens (including phenoxy) is 1. The standard InChI is InChI=1S/C12H12ClN3O/c13-9-5-11(12(15)16-6-9)17-7-8-2-1-3-10(14)4-8/h1-6H,7,14H2,(H2,15,16).